The highest BCUT2D eigenvalue weighted by molar-refractivity contribution is 5.79. The first kappa shape index (κ1) is 21.2. The molecule has 0 aromatic heterocycles. The maximum absolute atomic E-state index is 4.37. The SMILES string of the molecule is CCN(CC)CCCC(C)NC(=NC)NCCN1CCCCC1C. The first-order chi connectivity index (χ1) is 11.6. The van der Waals surface area contributed by atoms with E-state index in [-0.39, 0.29) is 0 Å². The molecule has 1 heterocycles. The van der Waals surface area contributed by atoms with Crippen molar-refractivity contribution in [3.05, 3.63) is 0 Å². The van der Waals surface area contributed by atoms with Gasteiger partial charge in [0, 0.05) is 32.2 Å². The first-order valence-corrected chi connectivity index (χ1v) is 10.0. The molecule has 142 valence electrons. The summed E-state index contributed by atoms with van der Waals surface area (Å²) in [5.41, 5.74) is 0. The van der Waals surface area contributed by atoms with Crippen LogP contribution in [0.2, 0.25) is 0 Å². The second-order valence-electron chi connectivity index (χ2n) is 7.09. The molecular formula is C19H41N5. The zero-order valence-electron chi connectivity index (χ0n) is 16.8. The Morgan fingerprint density at radius 2 is 2.04 bits per heavy atom. The predicted molar refractivity (Wildman–Crippen MR) is 106 cm³/mol. The van der Waals surface area contributed by atoms with Crippen LogP contribution in [0.3, 0.4) is 0 Å². The van der Waals surface area contributed by atoms with Gasteiger partial charge in [0.15, 0.2) is 5.96 Å². The van der Waals surface area contributed by atoms with Crippen molar-refractivity contribution in [2.75, 3.05) is 46.3 Å². The maximum Gasteiger partial charge on any atom is 0.191 e. The van der Waals surface area contributed by atoms with E-state index < -0.39 is 0 Å². The molecule has 2 atom stereocenters. The molecule has 2 N–H and O–H groups in total. The van der Waals surface area contributed by atoms with E-state index in [2.05, 4.69) is 53.1 Å². The van der Waals surface area contributed by atoms with Crippen molar-refractivity contribution in [1.29, 1.82) is 0 Å². The smallest absolute Gasteiger partial charge is 0.191 e. The first-order valence-electron chi connectivity index (χ1n) is 10.0. The fraction of sp³-hybridized carbons (Fsp3) is 0.947. The highest BCUT2D eigenvalue weighted by Crippen LogP contribution is 2.15. The second-order valence-corrected chi connectivity index (χ2v) is 7.09. The summed E-state index contributed by atoms with van der Waals surface area (Å²) in [6.45, 7) is 15.9. The van der Waals surface area contributed by atoms with Gasteiger partial charge in [-0.05, 0) is 65.7 Å². The lowest BCUT2D eigenvalue weighted by atomic mass is 10.0. The van der Waals surface area contributed by atoms with Crippen LogP contribution in [0.15, 0.2) is 4.99 Å². The van der Waals surface area contributed by atoms with Gasteiger partial charge in [-0.3, -0.25) is 9.89 Å². The number of likely N-dealkylation sites (tertiary alicyclic amines) is 1. The molecule has 1 aliphatic heterocycles. The van der Waals surface area contributed by atoms with Crippen LogP contribution in [-0.2, 0) is 0 Å². The normalized spacial score (nSPS) is 21.1. The third-order valence-electron chi connectivity index (χ3n) is 5.24. The topological polar surface area (TPSA) is 42.9 Å². The summed E-state index contributed by atoms with van der Waals surface area (Å²) in [5.74, 6) is 0.940. The van der Waals surface area contributed by atoms with Crippen LogP contribution in [0.1, 0.15) is 59.8 Å². The Labute approximate surface area is 150 Å². The monoisotopic (exact) mass is 339 g/mol. The summed E-state index contributed by atoms with van der Waals surface area (Å²) in [6, 6.07) is 1.19. The largest absolute Gasteiger partial charge is 0.355 e. The Kier molecular flexibility index (Phi) is 11.1. The number of hydrogen-bond acceptors (Lipinski definition) is 3. The molecule has 0 aromatic rings. The van der Waals surface area contributed by atoms with Crippen molar-refractivity contribution in [2.45, 2.75) is 71.9 Å². The van der Waals surface area contributed by atoms with E-state index in [1.54, 1.807) is 0 Å². The Bertz CT molecular complexity index is 341. The fourth-order valence-electron chi connectivity index (χ4n) is 3.47. The summed E-state index contributed by atoms with van der Waals surface area (Å²) in [7, 11) is 1.86. The molecule has 5 nitrogen and oxygen atoms in total. The van der Waals surface area contributed by atoms with E-state index in [4.69, 9.17) is 0 Å². The van der Waals surface area contributed by atoms with Crippen molar-refractivity contribution in [1.82, 2.24) is 20.4 Å². The molecule has 1 aliphatic rings. The molecule has 0 radical (unpaired) electrons. The van der Waals surface area contributed by atoms with Crippen LogP contribution < -0.4 is 10.6 Å². The third kappa shape index (κ3) is 8.34. The summed E-state index contributed by atoms with van der Waals surface area (Å²) < 4.78 is 0. The maximum atomic E-state index is 4.37. The molecule has 0 bridgehead atoms. The second kappa shape index (κ2) is 12.5. The van der Waals surface area contributed by atoms with Crippen molar-refractivity contribution < 1.29 is 0 Å². The van der Waals surface area contributed by atoms with Crippen molar-refractivity contribution in [2.24, 2.45) is 4.99 Å². The molecule has 0 spiro atoms. The van der Waals surface area contributed by atoms with Gasteiger partial charge in [0.05, 0.1) is 0 Å². The number of piperidine rings is 1. The van der Waals surface area contributed by atoms with Gasteiger partial charge < -0.3 is 15.5 Å². The molecule has 1 fully saturated rings. The van der Waals surface area contributed by atoms with Gasteiger partial charge in [0.2, 0.25) is 0 Å². The number of nitrogens with one attached hydrogen (secondary N) is 2. The number of guanidine groups is 1. The fourth-order valence-corrected chi connectivity index (χ4v) is 3.47. The van der Waals surface area contributed by atoms with Gasteiger partial charge in [-0.2, -0.15) is 0 Å². The Morgan fingerprint density at radius 3 is 2.67 bits per heavy atom. The molecule has 0 saturated carbocycles. The molecule has 1 saturated heterocycles. The molecule has 2 unspecified atom stereocenters. The van der Waals surface area contributed by atoms with Crippen LogP contribution >= 0.6 is 0 Å². The van der Waals surface area contributed by atoms with E-state index in [9.17, 15) is 0 Å². The number of aliphatic imine (C=N–C) groups is 1. The Hall–Kier alpha value is -0.810. The number of hydrogen-bond donors (Lipinski definition) is 2. The minimum absolute atomic E-state index is 0.459. The van der Waals surface area contributed by atoms with E-state index in [1.807, 2.05) is 7.05 Å². The van der Waals surface area contributed by atoms with Gasteiger partial charge >= 0.3 is 0 Å². The predicted octanol–water partition coefficient (Wildman–Crippen LogP) is 2.54. The zero-order valence-corrected chi connectivity index (χ0v) is 16.8. The van der Waals surface area contributed by atoms with Crippen molar-refractivity contribution >= 4 is 5.96 Å². The van der Waals surface area contributed by atoms with Crippen LogP contribution in [0.5, 0.6) is 0 Å². The van der Waals surface area contributed by atoms with Crippen LogP contribution in [0, 0.1) is 0 Å². The lowest BCUT2D eigenvalue weighted by Gasteiger charge is -2.33. The summed E-state index contributed by atoms with van der Waals surface area (Å²) in [4.78, 5) is 9.45. The summed E-state index contributed by atoms with van der Waals surface area (Å²) >= 11 is 0. The van der Waals surface area contributed by atoms with Crippen molar-refractivity contribution in [3.8, 4) is 0 Å². The molecule has 5 heteroatoms. The minimum Gasteiger partial charge on any atom is -0.355 e. The number of nitrogens with zero attached hydrogens (tertiary/aromatic N) is 3. The quantitative estimate of drug-likeness (QED) is 0.474. The van der Waals surface area contributed by atoms with E-state index >= 15 is 0 Å². The van der Waals surface area contributed by atoms with Gasteiger partial charge in [-0.1, -0.05) is 20.3 Å². The molecular weight excluding hydrogens is 298 g/mol. The van der Waals surface area contributed by atoms with Gasteiger partial charge in [-0.15, -0.1) is 0 Å². The van der Waals surface area contributed by atoms with E-state index in [1.165, 1.54) is 45.2 Å². The van der Waals surface area contributed by atoms with Crippen molar-refractivity contribution in [3.63, 3.8) is 0 Å². The van der Waals surface area contributed by atoms with Crippen LogP contribution in [0.4, 0.5) is 0 Å². The lowest BCUT2D eigenvalue weighted by Crippen LogP contribution is -2.47. The highest BCUT2D eigenvalue weighted by Gasteiger charge is 2.17. The lowest BCUT2D eigenvalue weighted by molar-refractivity contribution is 0.163. The molecule has 24 heavy (non-hydrogen) atoms. The highest BCUT2D eigenvalue weighted by atomic mass is 15.2. The van der Waals surface area contributed by atoms with Gasteiger partial charge in [0.1, 0.15) is 0 Å². The molecule has 0 amide bonds. The average Bonchev–Trinajstić information content (AvgIpc) is 2.59. The summed E-state index contributed by atoms with van der Waals surface area (Å²) in [5, 5.41) is 7.00. The van der Waals surface area contributed by atoms with E-state index in [0.29, 0.717) is 6.04 Å². The van der Waals surface area contributed by atoms with Crippen LogP contribution in [-0.4, -0.2) is 74.2 Å². The molecule has 1 rings (SSSR count). The Morgan fingerprint density at radius 1 is 1.29 bits per heavy atom. The molecule has 0 aromatic carbocycles. The summed E-state index contributed by atoms with van der Waals surface area (Å²) in [6.07, 6.45) is 6.50. The Balaban J connectivity index is 2.19. The van der Waals surface area contributed by atoms with Gasteiger partial charge in [-0.25, -0.2) is 0 Å². The zero-order chi connectivity index (χ0) is 17.8. The number of rotatable bonds is 10. The molecule has 0 aliphatic carbocycles. The van der Waals surface area contributed by atoms with Crippen LogP contribution in [0.25, 0.3) is 0 Å². The third-order valence-corrected chi connectivity index (χ3v) is 5.24. The van der Waals surface area contributed by atoms with E-state index in [0.717, 1.165) is 38.2 Å². The van der Waals surface area contributed by atoms with Gasteiger partial charge in [0.25, 0.3) is 0 Å². The minimum atomic E-state index is 0.459. The average molecular weight is 340 g/mol. The standard InChI is InChI=1S/C19H41N5/c1-6-23(7-2)14-10-11-17(3)22-19(20-5)21-13-16-24-15-9-8-12-18(24)4/h17-18H,6-16H2,1-5H3,(H2,20,21,22).